The van der Waals surface area contributed by atoms with E-state index in [-0.39, 0.29) is 0 Å². The number of aryl methyl sites for hydroxylation is 1. The van der Waals surface area contributed by atoms with Gasteiger partial charge in [0.25, 0.3) is 0 Å². The second-order valence-corrected chi connectivity index (χ2v) is 2.35. The maximum absolute atomic E-state index is 4.18. The van der Waals surface area contributed by atoms with Gasteiger partial charge in [-0.1, -0.05) is 25.3 Å². The molecule has 0 spiro atoms. The minimum absolute atomic E-state index is 1.01. The molecule has 0 aliphatic carbocycles. The summed E-state index contributed by atoms with van der Waals surface area (Å²) in [5, 5.41) is 0. The highest BCUT2D eigenvalue weighted by atomic mass is 14.7. The van der Waals surface area contributed by atoms with Crippen LogP contribution < -0.4 is 0 Å². The van der Waals surface area contributed by atoms with Crippen LogP contribution >= 0.6 is 0 Å². The third-order valence-electron chi connectivity index (χ3n) is 1.60. The van der Waals surface area contributed by atoms with E-state index in [4.69, 9.17) is 0 Å². The third-order valence-corrected chi connectivity index (χ3v) is 1.60. The zero-order valence-electron chi connectivity index (χ0n) is 6.67. The maximum atomic E-state index is 4.18. The molecule has 56 valence electrons. The molecule has 1 heteroatoms. The van der Waals surface area contributed by atoms with Gasteiger partial charge in [0, 0.05) is 11.9 Å². The zero-order valence-corrected chi connectivity index (χ0v) is 6.67. The van der Waals surface area contributed by atoms with Crippen LogP contribution in [0.3, 0.4) is 0 Å². The average Bonchev–Trinajstić information content (AvgIpc) is 2.05. The second kappa shape index (κ2) is 3.15. The van der Waals surface area contributed by atoms with Crippen LogP contribution in [0.25, 0.3) is 12.2 Å². The van der Waals surface area contributed by atoms with Gasteiger partial charge in [0.1, 0.15) is 0 Å². The summed E-state index contributed by atoms with van der Waals surface area (Å²) in [7, 11) is 0. The normalized spacial score (nSPS) is 9.18. The summed E-state index contributed by atoms with van der Waals surface area (Å²) >= 11 is 0. The van der Waals surface area contributed by atoms with Crippen molar-refractivity contribution in [1.82, 2.24) is 4.98 Å². The number of hydrogen-bond acceptors (Lipinski definition) is 1. The lowest BCUT2D eigenvalue weighted by atomic mass is 10.1. The molecule has 0 saturated carbocycles. The van der Waals surface area contributed by atoms with E-state index in [9.17, 15) is 0 Å². The Morgan fingerprint density at radius 1 is 1.36 bits per heavy atom. The van der Waals surface area contributed by atoms with Crippen LogP contribution in [-0.4, -0.2) is 4.98 Å². The fraction of sp³-hybridized carbons (Fsp3) is 0.100. The van der Waals surface area contributed by atoms with Crippen molar-refractivity contribution < 1.29 is 0 Å². The number of hydrogen-bond donors (Lipinski definition) is 0. The molecule has 0 aromatic carbocycles. The molecular weight excluding hydrogens is 134 g/mol. The van der Waals surface area contributed by atoms with Crippen molar-refractivity contribution in [2.24, 2.45) is 0 Å². The molecule has 0 saturated heterocycles. The molecule has 0 amide bonds. The van der Waals surface area contributed by atoms with Crippen molar-refractivity contribution in [2.45, 2.75) is 6.92 Å². The van der Waals surface area contributed by atoms with Crippen molar-refractivity contribution in [2.75, 3.05) is 0 Å². The molecule has 0 atom stereocenters. The molecule has 1 aromatic heterocycles. The van der Waals surface area contributed by atoms with E-state index in [1.54, 1.807) is 18.3 Å². The summed E-state index contributed by atoms with van der Waals surface area (Å²) in [5.74, 6) is 0. The largest absolute Gasteiger partial charge is 0.260 e. The van der Waals surface area contributed by atoms with Gasteiger partial charge in [-0.2, -0.15) is 0 Å². The molecule has 1 rings (SSSR count). The Morgan fingerprint density at radius 3 is 2.64 bits per heavy atom. The standard InChI is InChI=1S/C10H11N/c1-4-9-6-10(5-2)8(3)11-7-9/h4-7H,1-2H2,3H3. The second-order valence-electron chi connectivity index (χ2n) is 2.35. The molecule has 1 heterocycles. The first kappa shape index (κ1) is 7.73. The summed E-state index contributed by atoms with van der Waals surface area (Å²) in [4.78, 5) is 4.18. The van der Waals surface area contributed by atoms with Crippen LogP contribution in [0.4, 0.5) is 0 Å². The Labute approximate surface area is 67.1 Å². The fourth-order valence-electron chi connectivity index (χ4n) is 0.885. The highest BCUT2D eigenvalue weighted by Crippen LogP contribution is 2.09. The minimum atomic E-state index is 1.01. The first-order valence-electron chi connectivity index (χ1n) is 3.49. The van der Waals surface area contributed by atoms with Gasteiger partial charge in [0.2, 0.25) is 0 Å². The van der Waals surface area contributed by atoms with Gasteiger partial charge >= 0.3 is 0 Å². The highest BCUT2D eigenvalue weighted by Gasteiger charge is 1.94. The fourth-order valence-corrected chi connectivity index (χ4v) is 0.885. The molecule has 0 radical (unpaired) electrons. The summed E-state index contributed by atoms with van der Waals surface area (Å²) in [6, 6.07) is 2.02. The monoisotopic (exact) mass is 145 g/mol. The number of nitrogens with zero attached hydrogens (tertiary/aromatic N) is 1. The molecule has 11 heavy (non-hydrogen) atoms. The van der Waals surface area contributed by atoms with E-state index in [0.717, 1.165) is 16.8 Å². The molecule has 0 bridgehead atoms. The van der Waals surface area contributed by atoms with Crippen LogP contribution in [-0.2, 0) is 0 Å². The number of pyridine rings is 1. The predicted octanol–water partition coefficient (Wildman–Crippen LogP) is 2.68. The van der Waals surface area contributed by atoms with E-state index in [1.165, 1.54) is 0 Å². The number of aromatic nitrogens is 1. The van der Waals surface area contributed by atoms with Crippen molar-refractivity contribution in [3.05, 3.63) is 42.2 Å². The lowest BCUT2D eigenvalue weighted by Gasteiger charge is -1.99. The van der Waals surface area contributed by atoms with E-state index >= 15 is 0 Å². The van der Waals surface area contributed by atoms with Crippen molar-refractivity contribution in [3.8, 4) is 0 Å². The Balaban J connectivity index is 3.22. The van der Waals surface area contributed by atoms with Gasteiger partial charge in [-0.3, -0.25) is 4.98 Å². The maximum Gasteiger partial charge on any atom is 0.0445 e. The Morgan fingerprint density at radius 2 is 2.09 bits per heavy atom. The molecular formula is C10H11N. The quantitative estimate of drug-likeness (QED) is 0.623. The Bertz CT molecular complexity index is 287. The highest BCUT2D eigenvalue weighted by molar-refractivity contribution is 5.56. The van der Waals surface area contributed by atoms with E-state index < -0.39 is 0 Å². The molecule has 0 N–H and O–H groups in total. The Kier molecular flexibility index (Phi) is 2.21. The number of rotatable bonds is 2. The van der Waals surface area contributed by atoms with Gasteiger partial charge < -0.3 is 0 Å². The van der Waals surface area contributed by atoms with Gasteiger partial charge in [-0.15, -0.1) is 0 Å². The molecule has 1 aromatic rings. The van der Waals surface area contributed by atoms with Gasteiger partial charge in [0.15, 0.2) is 0 Å². The van der Waals surface area contributed by atoms with Crippen LogP contribution in [0, 0.1) is 6.92 Å². The molecule has 1 nitrogen and oxygen atoms in total. The van der Waals surface area contributed by atoms with Crippen LogP contribution in [0.2, 0.25) is 0 Å². The Hall–Kier alpha value is -1.37. The van der Waals surface area contributed by atoms with E-state index in [0.29, 0.717) is 0 Å². The van der Waals surface area contributed by atoms with E-state index in [1.807, 2.05) is 13.0 Å². The van der Waals surface area contributed by atoms with Crippen molar-refractivity contribution in [1.29, 1.82) is 0 Å². The molecule has 0 aliphatic rings. The third kappa shape index (κ3) is 1.55. The smallest absolute Gasteiger partial charge is 0.0445 e. The minimum Gasteiger partial charge on any atom is -0.260 e. The predicted molar refractivity (Wildman–Crippen MR) is 49.2 cm³/mol. The molecule has 0 aliphatic heterocycles. The molecule has 0 unspecified atom stereocenters. The zero-order chi connectivity index (χ0) is 8.27. The lowest BCUT2D eigenvalue weighted by molar-refractivity contribution is 1.18. The van der Waals surface area contributed by atoms with Crippen molar-refractivity contribution >= 4 is 12.2 Å². The SMILES string of the molecule is C=Cc1cnc(C)c(C=C)c1. The van der Waals surface area contributed by atoms with Crippen molar-refractivity contribution in [3.63, 3.8) is 0 Å². The topological polar surface area (TPSA) is 12.9 Å². The van der Waals surface area contributed by atoms with Gasteiger partial charge in [0.05, 0.1) is 0 Å². The summed E-state index contributed by atoms with van der Waals surface area (Å²) < 4.78 is 0. The van der Waals surface area contributed by atoms with Gasteiger partial charge in [-0.25, -0.2) is 0 Å². The summed E-state index contributed by atoms with van der Waals surface area (Å²) in [6.07, 6.45) is 5.38. The summed E-state index contributed by atoms with van der Waals surface area (Å²) in [5.41, 5.74) is 3.11. The van der Waals surface area contributed by atoms with Gasteiger partial charge in [-0.05, 0) is 24.1 Å². The van der Waals surface area contributed by atoms with Crippen LogP contribution in [0.1, 0.15) is 16.8 Å². The van der Waals surface area contributed by atoms with Crippen LogP contribution in [0.5, 0.6) is 0 Å². The summed E-state index contributed by atoms with van der Waals surface area (Å²) in [6.45, 7) is 9.32. The molecule has 0 fully saturated rings. The van der Waals surface area contributed by atoms with E-state index in [2.05, 4.69) is 18.1 Å². The first-order valence-corrected chi connectivity index (χ1v) is 3.49. The lowest BCUT2D eigenvalue weighted by Crippen LogP contribution is -1.86. The average molecular weight is 145 g/mol. The van der Waals surface area contributed by atoms with Crippen LogP contribution in [0.15, 0.2) is 25.4 Å². The first-order chi connectivity index (χ1) is 5.27.